The zero-order valence-corrected chi connectivity index (χ0v) is 5.20. The molecule has 0 N–H and O–H groups in total. The van der Waals surface area contributed by atoms with Gasteiger partial charge in [0, 0.05) is 6.07 Å². The van der Waals surface area contributed by atoms with Gasteiger partial charge in [0.05, 0.1) is 0 Å². The third kappa shape index (κ3) is 0.739. The van der Waals surface area contributed by atoms with Crippen LogP contribution < -0.4 is 9.47 Å². The van der Waals surface area contributed by atoms with E-state index < -0.39 is 0 Å². The number of hydrogen-bond donors (Lipinski definition) is 0. The van der Waals surface area contributed by atoms with E-state index in [0.29, 0.717) is 11.5 Å². The summed E-state index contributed by atoms with van der Waals surface area (Å²) in [7, 11) is 0. The van der Waals surface area contributed by atoms with Gasteiger partial charge >= 0.3 is 0 Å². The van der Waals surface area contributed by atoms with Gasteiger partial charge in [-0.25, -0.2) is 0 Å². The molecule has 0 atom stereocenters. The van der Waals surface area contributed by atoms with E-state index in [2.05, 4.69) is 6.07 Å². The molecule has 0 spiro atoms. The maximum Gasteiger partial charge on any atom is 0.177 e. The molecule has 10 heavy (non-hydrogen) atoms. The second kappa shape index (κ2) is 2.06. The van der Waals surface area contributed by atoms with Gasteiger partial charge in [-0.1, -0.05) is 12.1 Å². The molecule has 1 radical (unpaired) electrons. The van der Waals surface area contributed by atoms with Crippen LogP contribution in [0.4, 0.5) is 0 Å². The zero-order chi connectivity index (χ0) is 6.81. The first-order chi connectivity index (χ1) is 4.97. The molecule has 1 aliphatic heterocycles. The van der Waals surface area contributed by atoms with Crippen molar-refractivity contribution in [1.29, 1.82) is 0 Å². The Balaban J connectivity index is 2.47. The van der Waals surface area contributed by atoms with E-state index in [1.807, 2.05) is 12.1 Å². The summed E-state index contributed by atoms with van der Waals surface area (Å²) in [6.07, 6.45) is 2.98. The standard InChI is InChI=1S/C8H5O2/c1-2-4-8-7(3-1)9-5-6-10-8/h1-3,5-6H. The van der Waals surface area contributed by atoms with Crippen LogP contribution in [0.3, 0.4) is 0 Å². The fraction of sp³-hybridized carbons (Fsp3) is 0. The summed E-state index contributed by atoms with van der Waals surface area (Å²) < 4.78 is 10.1. The molecule has 0 unspecified atom stereocenters. The van der Waals surface area contributed by atoms with Gasteiger partial charge in [0.1, 0.15) is 12.5 Å². The van der Waals surface area contributed by atoms with Gasteiger partial charge in [0.25, 0.3) is 0 Å². The summed E-state index contributed by atoms with van der Waals surface area (Å²) in [4.78, 5) is 0. The molecule has 0 saturated carbocycles. The highest BCUT2D eigenvalue weighted by Gasteiger charge is 2.04. The first-order valence-electron chi connectivity index (χ1n) is 2.96. The zero-order valence-electron chi connectivity index (χ0n) is 5.20. The van der Waals surface area contributed by atoms with Gasteiger partial charge in [-0.3, -0.25) is 0 Å². The van der Waals surface area contributed by atoms with Crippen molar-refractivity contribution >= 4 is 0 Å². The summed E-state index contributed by atoms with van der Waals surface area (Å²) >= 11 is 0. The molecule has 0 aliphatic carbocycles. The van der Waals surface area contributed by atoms with Crippen LogP contribution in [0.15, 0.2) is 30.7 Å². The Bertz CT molecular complexity index is 239. The summed E-state index contributed by atoms with van der Waals surface area (Å²) in [6, 6.07) is 8.35. The van der Waals surface area contributed by atoms with Gasteiger partial charge in [-0.15, -0.1) is 0 Å². The summed E-state index contributed by atoms with van der Waals surface area (Å²) in [6.45, 7) is 0. The summed E-state index contributed by atoms with van der Waals surface area (Å²) in [5.41, 5.74) is 0. The number of para-hydroxylation sites is 1. The van der Waals surface area contributed by atoms with E-state index in [-0.39, 0.29) is 0 Å². The van der Waals surface area contributed by atoms with Crippen molar-refractivity contribution in [2.45, 2.75) is 0 Å². The van der Waals surface area contributed by atoms with Gasteiger partial charge in [0.15, 0.2) is 11.5 Å². The van der Waals surface area contributed by atoms with Crippen LogP contribution in [-0.2, 0) is 0 Å². The molecule has 2 nitrogen and oxygen atoms in total. The van der Waals surface area contributed by atoms with E-state index in [1.165, 1.54) is 12.5 Å². The molecule has 0 aromatic heterocycles. The van der Waals surface area contributed by atoms with Crippen LogP contribution in [0.2, 0.25) is 0 Å². The minimum atomic E-state index is 0.644. The van der Waals surface area contributed by atoms with Crippen molar-refractivity contribution in [3.05, 3.63) is 36.8 Å². The Morgan fingerprint density at radius 1 is 1.20 bits per heavy atom. The molecule has 1 aromatic carbocycles. The third-order valence-electron chi connectivity index (χ3n) is 1.22. The molecule has 2 rings (SSSR count). The number of rotatable bonds is 0. The number of hydrogen-bond acceptors (Lipinski definition) is 2. The van der Waals surface area contributed by atoms with E-state index in [4.69, 9.17) is 9.47 Å². The maximum atomic E-state index is 5.09. The van der Waals surface area contributed by atoms with Crippen LogP contribution in [-0.4, -0.2) is 0 Å². The Morgan fingerprint density at radius 3 is 3.00 bits per heavy atom. The second-order valence-electron chi connectivity index (χ2n) is 1.87. The lowest BCUT2D eigenvalue weighted by molar-refractivity contribution is 0.361. The molecule has 1 aromatic rings. The first-order valence-corrected chi connectivity index (χ1v) is 2.96. The highest BCUT2D eigenvalue weighted by atomic mass is 16.5. The second-order valence-corrected chi connectivity index (χ2v) is 1.87. The van der Waals surface area contributed by atoms with Gasteiger partial charge in [0.2, 0.25) is 0 Å². The summed E-state index contributed by atoms with van der Waals surface area (Å²) in [5, 5.41) is 0. The van der Waals surface area contributed by atoms with Gasteiger partial charge in [-0.05, 0) is 6.07 Å². The Labute approximate surface area is 58.7 Å². The molecule has 2 heteroatoms. The predicted octanol–water partition coefficient (Wildman–Crippen LogP) is 1.73. The fourth-order valence-corrected chi connectivity index (χ4v) is 0.788. The minimum Gasteiger partial charge on any atom is -0.458 e. The SMILES string of the molecule is [c]1cccc2c1OC=CO2. The van der Waals surface area contributed by atoms with Crippen molar-refractivity contribution in [1.82, 2.24) is 0 Å². The average Bonchev–Trinajstić information content (AvgIpc) is 2.05. The van der Waals surface area contributed by atoms with Crippen LogP contribution in [0.5, 0.6) is 11.5 Å². The third-order valence-corrected chi connectivity index (χ3v) is 1.22. The van der Waals surface area contributed by atoms with Crippen LogP contribution >= 0.6 is 0 Å². The topological polar surface area (TPSA) is 18.5 Å². The highest BCUT2D eigenvalue weighted by molar-refractivity contribution is 5.40. The normalized spacial score (nSPS) is 13.2. The lowest BCUT2D eigenvalue weighted by atomic mass is 10.3. The quantitative estimate of drug-likeness (QED) is 0.536. The number of benzene rings is 1. The Morgan fingerprint density at radius 2 is 2.10 bits per heavy atom. The van der Waals surface area contributed by atoms with Crippen LogP contribution in [0.25, 0.3) is 0 Å². The van der Waals surface area contributed by atoms with Crippen LogP contribution in [0, 0.1) is 6.07 Å². The van der Waals surface area contributed by atoms with Crippen LogP contribution in [0.1, 0.15) is 0 Å². The fourth-order valence-electron chi connectivity index (χ4n) is 0.788. The molecule has 0 bridgehead atoms. The van der Waals surface area contributed by atoms with Crippen molar-refractivity contribution < 1.29 is 9.47 Å². The van der Waals surface area contributed by atoms with Crippen molar-refractivity contribution in [2.75, 3.05) is 0 Å². The van der Waals surface area contributed by atoms with E-state index in [9.17, 15) is 0 Å². The Kier molecular flexibility index (Phi) is 1.10. The molecular formula is C8H5O2. The smallest absolute Gasteiger partial charge is 0.177 e. The average molecular weight is 133 g/mol. The molecule has 49 valence electrons. The molecule has 1 aliphatic rings. The van der Waals surface area contributed by atoms with Gasteiger partial charge < -0.3 is 9.47 Å². The number of fused-ring (bicyclic) bond motifs is 1. The molecule has 0 fully saturated rings. The minimum absolute atomic E-state index is 0.644. The highest BCUT2D eigenvalue weighted by Crippen LogP contribution is 2.28. The predicted molar refractivity (Wildman–Crippen MR) is 35.7 cm³/mol. The summed E-state index contributed by atoms with van der Waals surface area (Å²) in [5.74, 6) is 1.36. The lowest BCUT2D eigenvalue weighted by Gasteiger charge is -2.09. The monoisotopic (exact) mass is 133 g/mol. The molecule has 0 amide bonds. The van der Waals surface area contributed by atoms with Crippen molar-refractivity contribution in [3.8, 4) is 11.5 Å². The maximum absolute atomic E-state index is 5.09. The van der Waals surface area contributed by atoms with E-state index in [0.717, 1.165) is 0 Å². The Hall–Kier alpha value is -1.44. The number of ether oxygens (including phenoxy) is 2. The van der Waals surface area contributed by atoms with Gasteiger partial charge in [-0.2, -0.15) is 0 Å². The first kappa shape index (κ1) is 5.35. The molecule has 1 heterocycles. The lowest BCUT2D eigenvalue weighted by Crippen LogP contribution is -1.94. The molecular weight excluding hydrogens is 128 g/mol. The van der Waals surface area contributed by atoms with Crippen molar-refractivity contribution in [3.63, 3.8) is 0 Å². The van der Waals surface area contributed by atoms with E-state index in [1.54, 1.807) is 6.07 Å². The van der Waals surface area contributed by atoms with Crippen molar-refractivity contribution in [2.24, 2.45) is 0 Å². The largest absolute Gasteiger partial charge is 0.458 e. The van der Waals surface area contributed by atoms with E-state index >= 15 is 0 Å². The molecule has 0 saturated heterocycles.